The van der Waals surface area contributed by atoms with Crippen molar-refractivity contribution in [1.29, 1.82) is 0 Å². The van der Waals surface area contributed by atoms with Gasteiger partial charge in [-0.05, 0) is 50.1 Å². The summed E-state index contributed by atoms with van der Waals surface area (Å²) in [6, 6.07) is 8.94. The Balaban J connectivity index is 1.82. The van der Waals surface area contributed by atoms with Crippen molar-refractivity contribution in [2.45, 2.75) is 49.0 Å². The largest absolute Gasteiger partial charge is 0.388 e. The summed E-state index contributed by atoms with van der Waals surface area (Å²) >= 11 is 1.54. The van der Waals surface area contributed by atoms with E-state index in [-0.39, 0.29) is 16.9 Å². The van der Waals surface area contributed by atoms with Crippen LogP contribution in [-0.4, -0.2) is 20.1 Å². The second kappa shape index (κ2) is 7.15. The first-order valence-corrected chi connectivity index (χ1v) is 10.7. The normalized spacial score (nSPS) is 18.4. The van der Waals surface area contributed by atoms with Crippen LogP contribution in [0.2, 0.25) is 0 Å². The highest BCUT2D eigenvalue weighted by Crippen LogP contribution is 2.44. The molecule has 0 saturated heterocycles. The first-order valence-electron chi connectivity index (χ1n) is 8.36. The highest BCUT2D eigenvalue weighted by molar-refractivity contribution is 7.89. The monoisotopic (exact) mass is 383 g/mol. The van der Waals surface area contributed by atoms with Crippen LogP contribution in [0.4, 0.5) is 4.39 Å². The maximum Gasteiger partial charge on any atom is 0.240 e. The lowest BCUT2D eigenvalue weighted by Gasteiger charge is -2.28. The molecule has 2 N–H and O–H groups in total. The topological polar surface area (TPSA) is 66.4 Å². The number of sulfonamides is 1. The lowest BCUT2D eigenvalue weighted by Crippen LogP contribution is -2.38. The van der Waals surface area contributed by atoms with E-state index in [2.05, 4.69) is 4.72 Å². The number of rotatable bonds is 6. The van der Waals surface area contributed by atoms with Crippen molar-refractivity contribution >= 4 is 21.4 Å². The zero-order valence-corrected chi connectivity index (χ0v) is 15.7. The van der Waals surface area contributed by atoms with Crippen molar-refractivity contribution in [2.24, 2.45) is 0 Å². The van der Waals surface area contributed by atoms with Gasteiger partial charge in [0.15, 0.2) is 0 Å². The Bertz CT molecular complexity index is 840. The number of benzene rings is 1. The highest BCUT2D eigenvalue weighted by atomic mass is 32.2. The predicted molar refractivity (Wildman–Crippen MR) is 96.7 cm³/mol. The summed E-state index contributed by atoms with van der Waals surface area (Å²) < 4.78 is 41.0. The molecule has 0 radical (unpaired) electrons. The van der Waals surface area contributed by atoms with E-state index in [1.807, 2.05) is 12.1 Å². The van der Waals surface area contributed by atoms with Crippen LogP contribution in [0.3, 0.4) is 0 Å². The van der Waals surface area contributed by atoms with Crippen LogP contribution >= 0.6 is 11.3 Å². The summed E-state index contributed by atoms with van der Waals surface area (Å²) in [5.41, 5.74) is -0.252. The van der Waals surface area contributed by atoms with E-state index >= 15 is 0 Å². The Kier molecular flexibility index (Phi) is 5.29. The summed E-state index contributed by atoms with van der Waals surface area (Å²) in [5, 5.41) is 9.76. The molecule has 1 atom stereocenters. The molecule has 0 amide bonds. The maximum absolute atomic E-state index is 13.3. The molecular formula is C18H22FNO3S2. The van der Waals surface area contributed by atoms with Crippen LogP contribution in [0.1, 0.15) is 48.5 Å². The molecule has 136 valence electrons. The van der Waals surface area contributed by atoms with E-state index in [1.165, 1.54) is 18.2 Å². The first-order chi connectivity index (χ1) is 11.8. The van der Waals surface area contributed by atoms with Crippen molar-refractivity contribution in [3.63, 3.8) is 0 Å². The summed E-state index contributed by atoms with van der Waals surface area (Å²) in [4.78, 5) is 1.92. The molecule has 3 rings (SSSR count). The van der Waals surface area contributed by atoms with Crippen LogP contribution in [-0.2, 0) is 15.4 Å². The van der Waals surface area contributed by atoms with Gasteiger partial charge in [0.1, 0.15) is 5.82 Å². The number of halogens is 1. The summed E-state index contributed by atoms with van der Waals surface area (Å²) in [5.74, 6) is -0.571. The standard InChI is InChI=1S/C18H22FNO3S2/c1-13(21)16-7-8-17(24-16)18(9-2-3-10-18)12-20-25(22,23)15-6-4-5-14(19)11-15/h4-8,11,13,20-21H,2-3,9-10,12H2,1H3. The molecule has 1 saturated carbocycles. The van der Waals surface area contributed by atoms with E-state index < -0.39 is 21.9 Å². The highest BCUT2D eigenvalue weighted by Gasteiger charge is 2.38. The van der Waals surface area contributed by atoms with E-state index in [9.17, 15) is 17.9 Å². The van der Waals surface area contributed by atoms with E-state index in [0.29, 0.717) is 0 Å². The Morgan fingerprint density at radius 1 is 1.28 bits per heavy atom. The Labute approximate surface area is 151 Å². The van der Waals surface area contributed by atoms with Gasteiger partial charge in [-0.15, -0.1) is 11.3 Å². The molecule has 25 heavy (non-hydrogen) atoms. The molecule has 1 fully saturated rings. The summed E-state index contributed by atoms with van der Waals surface area (Å²) in [6.45, 7) is 2.01. The van der Waals surface area contributed by atoms with Gasteiger partial charge in [-0.25, -0.2) is 17.5 Å². The number of hydrogen-bond acceptors (Lipinski definition) is 4. The first kappa shape index (κ1) is 18.5. The molecule has 1 aliphatic rings. The van der Waals surface area contributed by atoms with Crippen molar-refractivity contribution in [3.8, 4) is 0 Å². The fourth-order valence-electron chi connectivity index (χ4n) is 3.38. The molecule has 2 aromatic rings. The predicted octanol–water partition coefficient (Wildman–Crippen LogP) is 3.73. The van der Waals surface area contributed by atoms with Crippen LogP contribution in [0.5, 0.6) is 0 Å². The van der Waals surface area contributed by atoms with Crippen LogP contribution in [0.15, 0.2) is 41.3 Å². The van der Waals surface area contributed by atoms with Crippen molar-refractivity contribution in [1.82, 2.24) is 4.72 Å². The molecule has 1 heterocycles. The third-order valence-electron chi connectivity index (χ3n) is 4.83. The van der Waals surface area contributed by atoms with Crippen LogP contribution in [0.25, 0.3) is 0 Å². The number of nitrogens with one attached hydrogen (secondary N) is 1. The van der Waals surface area contributed by atoms with Crippen LogP contribution < -0.4 is 4.72 Å². The van der Waals surface area contributed by atoms with Gasteiger partial charge in [-0.2, -0.15) is 0 Å². The average Bonchev–Trinajstić information content (AvgIpc) is 3.23. The maximum atomic E-state index is 13.3. The van der Waals surface area contributed by atoms with Crippen LogP contribution in [0, 0.1) is 5.82 Å². The van der Waals surface area contributed by atoms with Gasteiger partial charge >= 0.3 is 0 Å². The van der Waals surface area contributed by atoms with Gasteiger partial charge in [-0.3, -0.25) is 0 Å². The summed E-state index contributed by atoms with van der Waals surface area (Å²) in [7, 11) is -3.76. The number of aliphatic hydroxyl groups is 1. The van der Waals surface area contributed by atoms with Gasteiger partial charge in [-0.1, -0.05) is 18.9 Å². The smallest absolute Gasteiger partial charge is 0.240 e. The SMILES string of the molecule is CC(O)c1ccc(C2(CNS(=O)(=O)c3cccc(F)c3)CCCC2)s1. The Morgan fingerprint density at radius 3 is 2.60 bits per heavy atom. The second-order valence-corrected chi connectivity index (χ2v) is 9.53. The average molecular weight is 384 g/mol. The summed E-state index contributed by atoms with van der Waals surface area (Å²) in [6.07, 6.45) is 3.37. The molecule has 7 heteroatoms. The molecular weight excluding hydrogens is 361 g/mol. The van der Waals surface area contributed by atoms with Gasteiger partial charge in [0.2, 0.25) is 10.0 Å². The van der Waals surface area contributed by atoms with E-state index in [4.69, 9.17) is 0 Å². The number of hydrogen-bond donors (Lipinski definition) is 2. The minimum Gasteiger partial charge on any atom is -0.388 e. The Hall–Kier alpha value is -1.28. The molecule has 1 unspecified atom stereocenters. The molecule has 0 spiro atoms. The molecule has 1 aromatic carbocycles. The number of aliphatic hydroxyl groups excluding tert-OH is 1. The molecule has 1 aliphatic carbocycles. The van der Waals surface area contributed by atoms with E-state index in [0.717, 1.165) is 41.5 Å². The third kappa shape index (κ3) is 3.95. The van der Waals surface area contributed by atoms with Crippen molar-refractivity contribution < 1.29 is 17.9 Å². The third-order valence-corrected chi connectivity index (χ3v) is 7.73. The minimum atomic E-state index is -3.76. The van der Waals surface area contributed by atoms with Gasteiger partial charge < -0.3 is 5.11 Å². The zero-order chi connectivity index (χ0) is 18.1. The lowest BCUT2D eigenvalue weighted by atomic mass is 9.85. The quantitative estimate of drug-likeness (QED) is 0.799. The minimum absolute atomic E-state index is 0.0588. The fourth-order valence-corrected chi connectivity index (χ4v) is 5.72. The van der Waals surface area contributed by atoms with Gasteiger partial charge in [0.05, 0.1) is 11.0 Å². The fraction of sp³-hybridized carbons (Fsp3) is 0.444. The molecule has 4 nitrogen and oxygen atoms in total. The molecule has 0 aliphatic heterocycles. The van der Waals surface area contributed by atoms with E-state index in [1.54, 1.807) is 18.3 Å². The Morgan fingerprint density at radius 2 is 2.00 bits per heavy atom. The molecule has 1 aromatic heterocycles. The lowest BCUT2D eigenvalue weighted by molar-refractivity contribution is 0.203. The zero-order valence-electron chi connectivity index (χ0n) is 14.0. The van der Waals surface area contributed by atoms with Crippen molar-refractivity contribution in [3.05, 3.63) is 52.0 Å². The second-order valence-electron chi connectivity index (χ2n) is 6.65. The number of thiophene rings is 1. The van der Waals surface area contributed by atoms with Gasteiger partial charge in [0, 0.05) is 21.7 Å². The molecule has 0 bridgehead atoms. The van der Waals surface area contributed by atoms with Crippen molar-refractivity contribution in [2.75, 3.05) is 6.54 Å². The van der Waals surface area contributed by atoms with Gasteiger partial charge in [0.25, 0.3) is 0 Å².